The van der Waals surface area contributed by atoms with Crippen molar-refractivity contribution in [1.82, 2.24) is 5.32 Å². The molecule has 9 heteroatoms. The van der Waals surface area contributed by atoms with Gasteiger partial charge in [-0.25, -0.2) is 0 Å². The van der Waals surface area contributed by atoms with E-state index >= 15 is 0 Å². The van der Waals surface area contributed by atoms with Crippen LogP contribution in [0.5, 0.6) is 11.5 Å². The number of nitro benzene ring substituents is 1. The van der Waals surface area contributed by atoms with Crippen LogP contribution in [-0.2, 0) is 0 Å². The Morgan fingerprint density at radius 1 is 1.09 bits per heavy atom. The van der Waals surface area contributed by atoms with Gasteiger partial charge < -0.3 is 20.3 Å². The number of rotatable bonds is 8. The molecule has 162 valence electrons. The number of nitro groups is 1. The number of carbonyl (C=O) groups is 1. The van der Waals surface area contributed by atoms with Crippen molar-refractivity contribution in [2.45, 2.75) is 12.1 Å². The molecule has 0 aromatic heterocycles. The molecule has 0 heterocycles. The van der Waals surface area contributed by atoms with Gasteiger partial charge in [0.2, 0.25) is 0 Å². The van der Waals surface area contributed by atoms with E-state index in [1.807, 2.05) is 6.07 Å². The zero-order chi connectivity index (χ0) is 23.1. The molecule has 0 saturated heterocycles. The van der Waals surface area contributed by atoms with E-state index in [1.54, 1.807) is 42.5 Å². The van der Waals surface area contributed by atoms with Crippen LogP contribution in [0.2, 0.25) is 0 Å². The quantitative estimate of drug-likeness (QED) is 0.365. The zero-order valence-corrected chi connectivity index (χ0v) is 16.7. The van der Waals surface area contributed by atoms with Crippen LogP contribution in [0.25, 0.3) is 0 Å². The molecule has 3 aromatic rings. The number of non-ortho nitro benzene ring substituents is 1. The number of nitrogens with one attached hydrogen (secondary N) is 1. The van der Waals surface area contributed by atoms with Crippen molar-refractivity contribution < 1.29 is 24.7 Å². The van der Waals surface area contributed by atoms with Crippen LogP contribution in [0.15, 0.2) is 72.8 Å². The summed E-state index contributed by atoms with van der Waals surface area (Å²) in [5.74, 6) is 0.331. The summed E-state index contributed by atoms with van der Waals surface area (Å²) in [5, 5.41) is 42.3. The molecule has 0 saturated carbocycles. The molecule has 0 aliphatic heterocycles. The number of aliphatic hydroxyl groups is 2. The molecule has 0 radical (unpaired) electrons. The Balaban J connectivity index is 1.69. The van der Waals surface area contributed by atoms with Gasteiger partial charge in [-0.1, -0.05) is 6.07 Å². The topological polar surface area (TPSA) is 146 Å². The number of hydrogen-bond donors (Lipinski definition) is 3. The first-order chi connectivity index (χ1) is 15.4. The highest BCUT2D eigenvalue weighted by Crippen LogP contribution is 2.24. The van der Waals surface area contributed by atoms with Gasteiger partial charge in [-0.05, 0) is 60.2 Å². The number of nitrogens with zero attached hydrogens (tertiary/aromatic N) is 2. The van der Waals surface area contributed by atoms with E-state index in [0.29, 0.717) is 22.6 Å². The van der Waals surface area contributed by atoms with Crippen LogP contribution in [0.3, 0.4) is 0 Å². The first kappa shape index (κ1) is 22.4. The lowest BCUT2D eigenvalue weighted by Crippen LogP contribution is -2.41. The molecule has 2 atom stereocenters. The predicted molar refractivity (Wildman–Crippen MR) is 114 cm³/mol. The van der Waals surface area contributed by atoms with E-state index < -0.39 is 29.6 Å². The Bertz CT molecular complexity index is 1140. The number of amides is 1. The molecule has 9 nitrogen and oxygen atoms in total. The smallest absolute Gasteiger partial charge is 0.269 e. The fourth-order valence-corrected chi connectivity index (χ4v) is 2.94. The fourth-order valence-electron chi connectivity index (χ4n) is 2.94. The summed E-state index contributed by atoms with van der Waals surface area (Å²) in [6.07, 6.45) is -1.28. The lowest BCUT2D eigenvalue weighted by Gasteiger charge is -2.22. The Labute approximate surface area is 183 Å². The van der Waals surface area contributed by atoms with Crippen molar-refractivity contribution in [3.8, 4) is 17.6 Å². The molecule has 0 fully saturated rings. The summed E-state index contributed by atoms with van der Waals surface area (Å²) in [5.41, 5.74) is 0.912. The van der Waals surface area contributed by atoms with E-state index in [2.05, 4.69) is 5.32 Å². The Morgan fingerprint density at radius 2 is 1.78 bits per heavy atom. The van der Waals surface area contributed by atoms with Crippen LogP contribution in [0.4, 0.5) is 5.69 Å². The van der Waals surface area contributed by atoms with Gasteiger partial charge in [0, 0.05) is 17.7 Å². The second-order valence-electron chi connectivity index (χ2n) is 6.82. The standard InChI is InChI=1S/C23H19N3O6/c24-13-15-4-10-19(11-5-15)32-20-3-1-2-17(12-20)23(29)25-21(14-27)22(28)16-6-8-18(9-7-16)26(30)31/h1-12,21-22,27-28H,14H2,(H,25,29)/t21-,22-/m1/s1. The summed E-state index contributed by atoms with van der Waals surface area (Å²) < 4.78 is 5.70. The molecule has 0 spiro atoms. The SMILES string of the molecule is N#Cc1ccc(Oc2cccc(C(=O)N[C@H](CO)[C@H](O)c3ccc([N+](=O)[O-])cc3)c2)cc1. The number of aliphatic hydroxyl groups excluding tert-OH is 2. The first-order valence-electron chi connectivity index (χ1n) is 9.53. The monoisotopic (exact) mass is 433 g/mol. The molecular formula is C23H19N3O6. The van der Waals surface area contributed by atoms with Crippen molar-refractivity contribution in [2.75, 3.05) is 6.61 Å². The van der Waals surface area contributed by atoms with Crippen LogP contribution in [0.1, 0.15) is 27.6 Å². The van der Waals surface area contributed by atoms with Gasteiger partial charge in [0.1, 0.15) is 17.6 Å². The van der Waals surface area contributed by atoms with Crippen LogP contribution >= 0.6 is 0 Å². The zero-order valence-electron chi connectivity index (χ0n) is 16.7. The number of ether oxygens (including phenoxy) is 1. The predicted octanol–water partition coefficient (Wildman–Crippen LogP) is 3.08. The maximum absolute atomic E-state index is 12.7. The summed E-state index contributed by atoms with van der Waals surface area (Å²) in [6.45, 7) is -0.550. The number of carbonyl (C=O) groups excluding carboxylic acids is 1. The van der Waals surface area contributed by atoms with E-state index in [4.69, 9.17) is 10.00 Å². The van der Waals surface area contributed by atoms with Gasteiger partial charge in [0.25, 0.3) is 11.6 Å². The van der Waals surface area contributed by atoms with Crippen molar-refractivity contribution in [1.29, 1.82) is 5.26 Å². The van der Waals surface area contributed by atoms with E-state index in [9.17, 15) is 25.1 Å². The van der Waals surface area contributed by atoms with Crippen molar-refractivity contribution in [3.63, 3.8) is 0 Å². The normalized spacial score (nSPS) is 12.3. The van der Waals surface area contributed by atoms with E-state index in [-0.39, 0.29) is 11.3 Å². The minimum atomic E-state index is -1.28. The van der Waals surface area contributed by atoms with Gasteiger partial charge >= 0.3 is 0 Å². The summed E-state index contributed by atoms with van der Waals surface area (Å²) in [6, 6.07) is 19.0. The maximum atomic E-state index is 12.7. The van der Waals surface area contributed by atoms with Crippen molar-refractivity contribution in [3.05, 3.63) is 99.6 Å². The molecule has 0 unspecified atom stereocenters. The first-order valence-corrected chi connectivity index (χ1v) is 9.53. The minimum Gasteiger partial charge on any atom is -0.457 e. The van der Waals surface area contributed by atoms with Crippen molar-refractivity contribution in [2.24, 2.45) is 0 Å². The average molecular weight is 433 g/mol. The Hall–Kier alpha value is -4.26. The van der Waals surface area contributed by atoms with Crippen LogP contribution in [-0.4, -0.2) is 33.7 Å². The fraction of sp³-hybridized carbons (Fsp3) is 0.130. The molecular weight excluding hydrogens is 414 g/mol. The van der Waals surface area contributed by atoms with Crippen LogP contribution < -0.4 is 10.1 Å². The third kappa shape index (κ3) is 5.46. The largest absolute Gasteiger partial charge is 0.457 e. The molecule has 3 aromatic carbocycles. The molecule has 32 heavy (non-hydrogen) atoms. The average Bonchev–Trinajstić information content (AvgIpc) is 2.82. The van der Waals surface area contributed by atoms with Crippen molar-refractivity contribution >= 4 is 11.6 Å². The van der Waals surface area contributed by atoms with Gasteiger partial charge in [-0.2, -0.15) is 5.26 Å². The minimum absolute atomic E-state index is 0.135. The number of nitriles is 1. The Morgan fingerprint density at radius 3 is 2.38 bits per heavy atom. The van der Waals surface area contributed by atoms with E-state index in [1.165, 1.54) is 30.3 Å². The molecule has 0 aliphatic rings. The molecule has 3 N–H and O–H groups in total. The van der Waals surface area contributed by atoms with Gasteiger partial charge in [-0.15, -0.1) is 0 Å². The maximum Gasteiger partial charge on any atom is 0.269 e. The summed E-state index contributed by atoms with van der Waals surface area (Å²) in [7, 11) is 0. The molecule has 0 bridgehead atoms. The highest BCUT2D eigenvalue weighted by atomic mass is 16.6. The Kier molecular flexibility index (Phi) is 7.13. The lowest BCUT2D eigenvalue weighted by atomic mass is 10.0. The third-order valence-corrected chi connectivity index (χ3v) is 4.66. The van der Waals surface area contributed by atoms with Gasteiger partial charge in [0.05, 0.1) is 29.2 Å². The molecule has 0 aliphatic carbocycles. The summed E-state index contributed by atoms with van der Waals surface area (Å²) in [4.78, 5) is 22.9. The third-order valence-electron chi connectivity index (χ3n) is 4.66. The second-order valence-corrected chi connectivity index (χ2v) is 6.82. The van der Waals surface area contributed by atoms with Gasteiger partial charge in [-0.3, -0.25) is 14.9 Å². The number of hydrogen-bond acceptors (Lipinski definition) is 7. The van der Waals surface area contributed by atoms with E-state index in [0.717, 1.165) is 0 Å². The van der Waals surface area contributed by atoms with Gasteiger partial charge in [0.15, 0.2) is 0 Å². The lowest BCUT2D eigenvalue weighted by molar-refractivity contribution is -0.384. The molecule has 3 rings (SSSR count). The summed E-state index contributed by atoms with van der Waals surface area (Å²) >= 11 is 0. The highest BCUT2D eigenvalue weighted by Gasteiger charge is 2.23. The number of benzene rings is 3. The highest BCUT2D eigenvalue weighted by molar-refractivity contribution is 5.94. The second kappa shape index (κ2) is 10.2. The molecule has 1 amide bonds. The van der Waals surface area contributed by atoms with Crippen LogP contribution in [0, 0.1) is 21.4 Å².